The summed E-state index contributed by atoms with van der Waals surface area (Å²) in [6.45, 7) is 4.19. The number of nitrogens with one attached hydrogen (secondary N) is 1. The predicted octanol–water partition coefficient (Wildman–Crippen LogP) is 0.809. The normalized spacial score (nSPS) is 25.2. The molecule has 0 aromatic carbocycles. The summed E-state index contributed by atoms with van der Waals surface area (Å²) in [4.78, 5) is 9.44. The minimum atomic E-state index is -3.52. The van der Waals surface area contributed by atoms with Crippen molar-refractivity contribution in [1.29, 1.82) is 0 Å². The molecule has 0 saturated carbocycles. The van der Waals surface area contributed by atoms with Crippen LogP contribution in [0.3, 0.4) is 0 Å². The first-order valence-corrected chi connectivity index (χ1v) is 8.98. The van der Waals surface area contributed by atoms with Gasteiger partial charge in [0.15, 0.2) is 10.9 Å². The Morgan fingerprint density at radius 2 is 2.22 bits per heavy atom. The maximum atomic E-state index is 13.0. The van der Waals surface area contributed by atoms with E-state index in [-0.39, 0.29) is 0 Å². The number of aromatic amines is 1. The number of rotatable bonds is 2. The number of oxime groups is 1. The average Bonchev–Trinajstić information content (AvgIpc) is 3.13. The average molecular weight is 335 g/mol. The number of hydrogen-bond acceptors (Lipinski definition) is 6. The second-order valence-corrected chi connectivity index (χ2v) is 8.04. The third kappa shape index (κ3) is 2.14. The molecule has 0 saturated heterocycles. The van der Waals surface area contributed by atoms with Crippen LogP contribution < -0.4 is 0 Å². The smallest absolute Gasteiger partial charge is 0.226 e. The summed E-state index contributed by atoms with van der Waals surface area (Å²) in [7, 11) is -3.52. The van der Waals surface area contributed by atoms with Crippen LogP contribution in [0, 0.1) is 0 Å². The second kappa shape index (κ2) is 5.00. The molecule has 2 unspecified atom stereocenters. The lowest BCUT2D eigenvalue weighted by Gasteiger charge is -2.30. The second-order valence-electron chi connectivity index (χ2n) is 5.99. The lowest BCUT2D eigenvalue weighted by molar-refractivity contribution is 0.0997. The molecule has 2 aliphatic rings. The highest BCUT2D eigenvalue weighted by molar-refractivity contribution is 7.90. The minimum Gasteiger partial charge on any atom is -0.391 e. The van der Waals surface area contributed by atoms with Crippen LogP contribution in [0.15, 0.2) is 17.5 Å². The largest absolute Gasteiger partial charge is 0.391 e. The van der Waals surface area contributed by atoms with Crippen LogP contribution >= 0.6 is 0 Å². The molecule has 0 spiro atoms. The fourth-order valence-electron chi connectivity index (χ4n) is 3.38. The molecule has 2 aromatic heterocycles. The van der Waals surface area contributed by atoms with Gasteiger partial charge in [-0.2, -0.15) is 9.40 Å². The maximum Gasteiger partial charge on any atom is 0.226 e. The van der Waals surface area contributed by atoms with Crippen molar-refractivity contribution in [2.45, 2.75) is 38.2 Å². The highest BCUT2D eigenvalue weighted by Gasteiger charge is 2.43. The van der Waals surface area contributed by atoms with E-state index < -0.39 is 21.4 Å². The fourth-order valence-corrected chi connectivity index (χ4v) is 5.37. The van der Waals surface area contributed by atoms with Gasteiger partial charge in [-0.3, -0.25) is 5.10 Å². The number of hydrogen-bond donors (Lipinski definition) is 1. The van der Waals surface area contributed by atoms with E-state index in [9.17, 15) is 8.42 Å². The third-order valence-electron chi connectivity index (χ3n) is 4.52. The quantitative estimate of drug-likeness (QED) is 0.875. The van der Waals surface area contributed by atoms with Crippen LogP contribution in [0.25, 0.3) is 11.0 Å². The molecule has 2 aromatic rings. The molecule has 8 nitrogen and oxygen atoms in total. The number of nitrogens with zero attached hydrogens (tertiary/aromatic N) is 4. The van der Waals surface area contributed by atoms with E-state index in [0.29, 0.717) is 25.2 Å². The van der Waals surface area contributed by atoms with Gasteiger partial charge in [0.2, 0.25) is 10.0 Å². The lowest BCUT2D eigenvalue weighted by atomic mass is 10.0. The number of fused-ring (bicyclic) bond motifs is 3. The van der Waals surface area contributed by atoms with Crippen molar-refractivity contribution >= 4 is 26.8 Å². The molecule has 0 fully saturated rings. The Bertz CT molecular complexity index is 904. The van der Waals surface area contributed by atoms with Gasteiger partial charge in [0.1, 0.15) is 6.10 Å². The van der Waals surface area contributed by atoms with E-state index in [0.717, 1.165) is 22.2 Å². The van der Waals surface area contributed by atoms with E-state index in [1.807, 2.05) is 0 Å². The number of H-pyrrole nitrogens is 1. The Morgan fingerprint density at radius 3 is 2.96 bits per heavy atom. The van der Waals surface area contributed by atoms with E-state index in [4.69, 9.17) is 4.84 Å². The van der Waals surface area contributed by atoms with Gasteiger partial charge in [0.25, 0.3) is 0 Å². The van der Waals surface area contributed by atoms with Crippen molar-refractivity contribution in [3.8, 4) is 0 Å². The molecule has 23 heavy (non-hydrogen) atoms. The molecule has 2 atom stereocenters. The summed E-state index contributed by atoms with van der Waals surface area (Å²) in [5.41, 5.74) is 3.29. The monoisotopic (exact) mass is 335 g/mol. The summed E-state index contributed by atoms with van der Waals surface area (Å²) < 4.78 is 27.4. The van der Waals surface area contributed by atoms with E-state index in [1.54, 1.807) is 26.2 Å². The Morgan fingerprint density at radius 1 is 1.39 bits per heavy atom. The minimum absolute atomic E-state index is 0.322. The first-order chi connectivity index (χ1) is 11.0. The van der Waals surface area contributed by atoms with Gasteiger partial charge in [-0.05, 0) is 31.4 Å². The molecule has 0 bridgehead atoms. The van der Waals surface area contributed by atoms with Crippen molar-refractivity contribution in [3.05, 3.63) is 23.5 Å². The summed E-state index contributed by atoms with van der Waals surface area (Å²) in [6, 6.07) is 0. The molecule has 0 radical (unpaired) electrons. The highest BCUT2D eigenvalue weighted by atomic mass is 32.2. The summed E-state index contributed by atoms with van der Waals surface area (Å²) >= 11 is 0. The van der Waals surface area contributed by atoms with E-state index in [2.05, 4.69) is 20.3 Å². The summed E-state index contributed by atoms with van der Waals surface area (Å²) in [5.74, 6) is 0. The molecule has 4 rings (SSSR count). The van der Waals surface area contributed by atoms with Gasteiger partial charge in [0.05, 0.1) is 11.9 Å². The van der Waals surface area contributed by atoms with Crippen molar-refractivity contribution in [1.82, 2.24) is 19.5 Å². The molecule has 9 heteroatoms. The van der Waals surface area contributed by atoms with Gasteiger partial charge in [-0.15, -0.1) is 0 Å². The van der Waals surface area contributed by atoms with Crippen molar-refractivity contribution in [3.63, 3.8) is 0 Å². The Kier molecular flexibility index (Phi) is 3.17. The summed E-state index contributed by atoms with van der Waals surface area (Å²) in [5, 5.41) is 10.9. The van der Waals surface area contributed by atoms with Crippen molar-refractivity contribution in [2.24, 2.45) is 5.16 Å². The molecular formula is C14H17N5O3S. The zero-order chi connectivity index (χ0) is 16.2. The molecule has 1 N–H and O–H groups in total. The van der Waals surface area contributed by atoms with Crippen molar-refractivity contribution in [2.75, 3.05) is 6.54 Å². The van der Waals surface area contributed by atoms with Gasteiger partial charge in [-0.25, -0.2) is 13.4 Å². The SMILES string of the molecule is CC1=NOC(C)C1S(=O)(=O)N1CCc2c(cnc3[nH]ncc23)C1. The number of aromatic nitrogens is 3. The predicted molar refractivity (Wildman–Crippen MR) is 84.4 cm³/mol. The van der Waals surface area contributed by atoms with Crippen LogP contribution in [0.4, 0.5) is 0 Å². The first kappa shape index (κ1) is 14.6. The van der Waals surface area contributed by atoms with Crippen LogP contribution in [0.5, 0.6) is 0 Å². The van der Waals surface area contributed by atoms with Crippen LogP contribution in [0.1, 0.15) is 25.0 Å². The zero-order valence-corrected chi connectivity index (χ0v) is 13.7. The van der Waals surface area contributed by atoms with Gasteiger partial charge < -0.3 is 4.84 Å². The zero-order valence-electron chi connectivity index (χ0n) is 12.9. The van der Waals surface area contributed by atoms with Gasteiger partial charge in [0, 0.05) is 24.7 Å². The fraction of sp³-hybridized carbons (Fsp3) is 0.500. The topological polar surface area (TPSA) is 101 Å². The molecule has 2 aliphatic heterocycles. The van der Waals surface area contributed by atoms with Crippen LogP contribution in [-0.4, -0.2) is 51.5 Å². The highest BCUT2D eigenvalue weighted by Crippen LogP contribution is 2.29. The lowest BCUT2D eigenvalue weighted by Crippen LogP contribution is -2.47. The molecular weight excluding hydrogens is 318 g/mol. The maximum absolute atomic E-state index is 13.0. The van der Waals surface area contributed by atoms with Crippen LogP contribution in [-0.2, 0) is 27.8 Å². The molecule has 0 aliphatic carbocycles. The van der Waals surface area contributed by atoms with Gasteiger partial charge >= 0.3 is 0 Å². The molecule has 122 valence electrons. The standard InChI is InChI=1S/C14H17N5O3S/c1-8-13(9(2)22-18-8)23(20,21)19-4-3-11-10(7-19)5-15-14-12(11)6-16-17-14/h5-6,9,13H,3-4,7H2,1-2H3,(H,15,16,17). The van der Waals surface area contributed by atoms with Gasteiger partial charge in [-0.1, -0.05) is 5.16 Å². The Balaban J connectivity index is 1.69. The molecule has 4 heterocycles. The number of sulfonamides is 1. The number of pyridine rings is 1. The van der Waals surface area contributed by atoms with Crippen LogP contribution in [0.2, 0.25) is 0 Å². The molecule has 0 amide bonds. The van der Waals surface area contributed by atoms with E-state index >= 15 is 0 Å². The Labute approximate surface area is 133 Å². The Hall–Kier alpha value is -2.00. The van der Waals surface area contributed by atoms with E-state index in [1.165, 1.54) is 4.31 Å². The van der Waals surface area contributed by atoms with Crippen molar-refractivity contribution < 1.29 is 13.3 Å². The third-order valence-corrected chi connectivity index (χ3v) is 6.92. The first-order valence-electron chi connectivity index (χ1n) is 7.47. The summed E-state index contributed by atoms with van der Waals surface area (Å²) in [6.07, 6.45) is 3.66.